The van der Waals surface area contributed by atoms with E-state index in [0.29, 0.717) is 19.5 Å². The highest BCUT2D eigenvalue weighted by Gasteiger charge is 2.70. The topological polar surface area (TPSA) is 189 Å². The van der Waals surface area contributed by atoms with E-state index in [-0.39, 0.29) is 29.8 Å². The maximum Gasteiger partial charge on any atom is 0.407 e. The summed E-state index contributed by atoms with van der Waals surface area (Å²) in [5.74, 6) is -2.73. The third-order valence-electron chi connectivity index (χ3n) is 10.3. The Kier molecular flexibility index (Phi) is 11.0. The van der Waals surface area contributed by atoms with Gasteiger partial charge < -0.3 is 36.6 Å². The molecule has 6 atom stereocenters. The number of carbonyl (C=O) groups is 6. The molecule has 0 bridgehead atoms. The monoisotopic (exact) mass is 682 g/mol. The molecule has 4 rings (SSSR count). The SMILES string of the molecule is CC1(C)C2CN(C(=O)[C@@H](NC(=O)N[C@H](COC(=O)NCc3ccccc3)C(C)(C)C)C(C)(C)C)[C@H](C(=O)NC(CC3CC3)C(=O)C(N)=O)C21. The molecule has 1 aromatic carbocycles. The molecule has 6 N–H and O–H groups in total. The number of nitrogens with zero attached hydrogens (tertiary/aromatic N) is 1. The van der Waals surface area contributed by atoms with Gasteiger partial charge in [0.1, 0.15) is 18.7 Å². The standard InChI is InChI=1S/C36H54N6O7/c1-34(2,3)24(19-49-33(48)38-17-21-12-10-9-11-13-21)40-32(47)41-28(35(4,5)6)31(46)42-18-22-25(36(22,7)8)26(42)30(45)39-23(16-20-14-15-20)27(43)29(37)44/h9-13,20,22-26,28H,14-19H2,1-8H3,(H2,37,44)(H,38,48)(H,39,45)(H2,40,41,47)/t22?,23?,24-,25?,26+,28-/m1/s1. The van der Waals surface area contributed by atoms with E-state index in [1.54, 1.807) is 0 Å². The molecule has 49 heavy (non-hydrogen) atoms. The first-order valence-electron chi connectivity index (χ1n) is 17.2. The minimum Gasteiger partial charge on any atom is -0.447 e. The minimum absolute atomic E-state index is 0.0609. The van der Waals surface area contributed by atoms with Crippen molar-refractivity contribution in [3.05, 3.63) is 35.9 Å². The van der Waals surface area contributed by atoms with E-state index < -0.39 is 70.6 Å². The predicted molar refractivity (Wildman–Crippen MR) is 183 cm³/mol. The number of nitrogens with one attached hydrogen (secondary N) is 4. The van der Waals surface area contributed by atoms with Crippen LogP contribution in [-0.2, 0) is 30.5 Å². The van der Waals surface area contributed by atoms with E-state index in [1.807, 2.05) is 85.7 Å². The molecule has 1 saturated heterocycles. The van der Waals surface area contributed by atoms with E-state index in [2.05, 4.69) is 21.3 Å². The van der Waals surface area contributed by atoms with Crippen LogP contribution in [0.25, 0.3) is 0 Å². The Hall–Kier alpha value is -4.16. The highest BCUT2D eigenvalue weighted by molar-refractivity contribution is 6.37. The molecule has 6 amide bonds. The lowest BCUT2D eigenvalue weighted by Crippen LogP contribution is -2.62. The van der Waals surface area contributed by atoms with Gasteiger partial charge in [0, 0.05) is 13.1 Å². The van der Waals surface area contributed by atoms with Gasteiger partial charge in [-0.15, -0.1) is 0 Å². The molecule has 3 fully saturated rings. The summed E-state index contributed by atoms with van der Waals surface area (Å²) in [5.41, 5.74) is 4.75. The Morgan fingerprint density at radius 2 is 1.57 bits per heavy atom. The number of amides is 6. The summed E-state index contributed by atoms with van der Waals surface area (Å²) in [6.07, 6.45) is 1.52. The van der Waals surface area contributed by atoms with E-state index in [9.17, 15) is 28.8 Å². The first-order chi connectivity index (χ1) is 22.7. The fraction of sp³-hybridized carbons (Fsp3) is 0.667. The van der Waals surface area contributed by atoms with E-state index in [1.165, 1.54) is 4.90 Å². The highest BCUT2D eigenvalue weighted by atomic mass is 16.5. The van der Waals surface area contributed by atoms with Crippen molar-refractivity contribution < 1.29 is 33.5 Å². The molecule has 2 aliphatic carbocycles. The van der Waals surface area contributed by atoms with Crippen LogP contribution in [0.15, 0.2) is 30.3 Å². The van der Waals surface area contributed by atoms with Gasteiger partial charge in [0.25, 0.3) is 5.91 Å². The third-order valence-corrected chi connectivity index (χ3v) is 10.3. The van der Waals surface area contributed by atoms with Gasteiger partial charge in [-0.2, -0.15) is 0 Å². The number of urea groups is 1. The molecule has 0 aromatic heterocycles. The van der Waals surface area contributed by atoms with Crippen molar-refractivity contribution in [3.63, 3.8) is 0 Å². The second kappa shape index (κ2) is 14.4. The van der Waals surface area contributed by atoms with E-state index in [0.717, 1.165) is 18.4 Å². The van der Waals surface area contributed by atoms with Crippen LogP contribution in [0.1, 0.15) is 80.2 Å². The molecule has 1 aromatic rings. The Bertz CT molecular complexity index is 1430. The average molecular weight is 683 g/mol. The van der Waals surface area contributed by atoms with Crippen LogP contribution in [-0.4, -0.2) is 77.8 Å². The number of rotatable bonds is 13. The summed E-state index contributed by atoms with van der Waals surface area (Å²) < 4.78 is 5.46. The molecule has 3 unspecified atom stereocenters. The number of hydrogen-bond acceptors (Lipinski definition) is 7. The summed E-state index contributed by atoms with van der Waals surface area (Å²) in [5, 5.41) is 11.2. The zero-order valence-corrected chi connectivity index (χ0v) is 30.1. The smallest absolute Gasteiger partial charge is 0.407 e. The van der Waals surface area contributed by atoms with Gasteiger partial charge in [-0.1, -0.05) is 98.6 Å². The molecular formula is C36H54N6O7. The summed E-state index contributed by atoms with van der Waals surface area (Å²) in [6.45, 7) is 15.8. The maximum absolute atomic E-state index is 14.3. The van der Waals surface area contributed by atoms with Gasteiger partial charge in [-0.25, -0.2) is 9.59 Å². The Balaban J connectivity index is 1.44. The molecule has 0 spiro atoms. The first kappa shape index (κ1) is 37.7. The lowest BCUT2D eigenvalue weighted by Gasteiger charge is -2.38. The third kappa shape index (κ3) is 9.30. The number of fused-ring (bicyclic) bond motifs is 1. The summed E-state index contributed by atoms with van der Waals surface area (Å²) in [7, 11) is 0. The van der Waals surface area contributed by atoms with Gasteiger partial charge in [0.05, 0.1) is 12.1 Å². The van der Waals surface area contributed by atoms with Crippen LogP contribution >= 0.6 is 0 Å². The van der Waals surface area contributed by atoms with Crippen LogP contribution in [0.4, 0.5) is 9.59 Å². The molecule has 1 aliphatic heterocycles. The van der Waals surface area contributed by atoms with Crippen molar-refractivity contribution in [2.45, 2.75) is 105 Å². The van der Waals surface area contributed by atoms with Crippen molar-refractivity contribution >= 4 is 35.6 Å². The fourth-order valence-corrected chi connectivity index (χ4v) is 6.79. The molecule has 13 heteroatoms. The first-order valence-corrected chi connectivity index (χ1v) is 17.2. The Labute approximate surface area is 289 Å². The lowest BCUT2D eigenvalue weighted by atomic mass is 9.85. The molecule has 3 aliphatic rings. The number of piperidine rings is 1. The molecule has 2 saturated carbocycles. The number of alkyl carbamates (subject to hydrolysis) is 1. The van der Waals surface area contributed by atoms with Gasteiger partial charge in [0.2, 0.25) is 17.6 Å². The molecular weight excluding hydrogens is 628 g/mol. The van der Waals surface area contributed by atoms with Crippen molar-refractivity contribution in [2.24, 2.45) is 39.7 Å². The van der Waals surface area contributed by atoms with Gasteiger partial charge in [-0.05, 0) is 46.0 Å². The van der Waals surface area contributed by atoms with Crippen molar-refractivity contribution in [3.8, 4) is 0 Å². The van der Waals surface area contributed by atoms with Crippen LogP contribution in [0.5, 0.6) is 0 Å². The normalized spacial score (nSPS) is 22.9. The fourth-order valence-electron chi connectivity index (χ4n) is 6.79. The van der Waals surface area contributed by atoms with Gasteiger partial charge in [0.15, 0.2) is 0 Å². The number of hydrogen-bond donors (Lipinski definition) is 5. The number of ketones is 1. The number of Topliss-reactive ketones (excluding diaryl/α,β-unsaturated/α-hetero) is 1. The van der Waals surface area contributed by atoms with Gasteiger partial charge in [-0.3, -0.25) is 19.2 Å². The van der Waals surface area contributed by atoms with Crippen LogP contribution in [0, 0.1) is 34.0 Å². The number of ether oxygens (including phenoxy) is 1. The number of likely N-dealkylation sites (tertiary alicyclic amines) is 1. The zero-order valence-electron chi connectivity index (χ0n) is 30.1. The average Bonchev–Trinajstić information content (AvgIpc) is 3.86. The number of carbonyl (C=O) groups excluding carboxylic acids is 6. The zero-order chi connectivity index (χ0) is 36.5. The Morgan fingerprint density at radius 1 is 0.939 bits per heavy atom. The van der Waals surface area contributed by atoms with Crippen LogP contribution < -0.4 is 27.0 Å². The quantitative estimate of drug-likeness (QED) is 0.198. The van der Waals surface area contributed by atoms with E-state index >= 15 is 0 Å². The molecule has 0 radical (unpaired) electrons. The predicted octanol–water partition coefficient (Wildman–Crippen LogP) is 2.86. The van der Waals surface area contributed by atoms with Crippen molar-refractivity contribution in [1.82, 2.24) is 26.2 Å². The highest BCUT2D eigenvalue weighted by Crippen LogP contribution is 2.65. The lowest BCUT2D eigenvalue weighted by molar-refractivity contribution is -0.145. The number of benzene rings is 1. The molecule has 13 nitrogen and oxygen atoms in total. The minimum atomic E-state index is -1.11. The second-order valence-corrected chi connectivity index (χ2v) is 16.6. The maximum atomic E-state index is 14.3. The van der Waals surface area contributed by atoms with Gasteiger partial charge >= 0.3 is 12.1 Å². The van der Waals surface area contributed by atoms with Crippen molar-refractivity contribution in [1.29, 1.82) is 0 Å². The van der Waals surface area contributed by atoms with Crippen LogP contribution in [0.3, 0.4) is 0 Å². The second-order valence-electron chi connectivity index (χ2n) is 16.6. The van der Waals surface area contributed by atoms with Crippen molar-refractivity contribution in [2.75, 3.05) is 13.2 Å². The van der Waals surface area contributed by atoms with Crippen LogP contribution in [0.2, 0.25) is 0 Å². The molecule has 1 heterocycles. The summed E-state index contributed by atoms with van der Waals surface area (Å²) >= 11 is 0. The number of primary amides is 1. The molecule has 270 valence electrons. The summed E-state index contributed by atoms with van der Waals surface area (Å²) in [6, 6.07) is 5.23. The largest absolute Gasteiger partial charge is 0.447 e. The number of nitrogens with two attached hydrogens (primary N) is 1. The Morgan fingerprint density at radius 3 is 2.12 bits per heavy atom. The summed E-state index contributed by atoms with van der Waals surface area (Å²) in [4.78, 5) is 80.1. The van der Waals surface area contributed by atoms with E-state index in [4.69, 9.17) is 10.5 Å².